The zero-order valence-corrected chi connectivity index (χ0v) is 11.9. The number of rotatable bonds is 3. The molecule has 6 heteroatoms. The van der Waals surface area contributed by atoms with Gasteiger partial charge in [0.05, 0.1) is 16.2 Å². The number of hydrogen-bond acceptors (Lipinski definition) is 5. The molecule has 1 aromatic carbocycles. The van der Waals surface area contributed by atoms with E-state index in [4.69, 9.17) is 0 Å². The third-order valence-electron chi connectivity index (χ3n) is 4.47. The summed E-state index contributed by atoms with van der Waals surface area (Å²) in [6, 6.07) is 7.21. The molecule has 3 rings (SSSR count). The van der Waals surface area contributed by atoms with Crippen molar-refractivity contribution in [1.29, 1.82) is 5.26 Å². The number of benzene rings is 1. The van der Waals surface area contributed by atoms with Crippen molar-refractivity contribution in [3.8, 4) is 6.07 Å². The van der Waals surface area contributed by atoms with Gasteiger partial charge in [0.15, 0.2) is 0 Å². The number of nitrogens with zero attached hydrogens (tertiary/aromatic N) is 4. The van der Waals surface area contributed by atoms with Gasteiger partial charge in [-0.3, -0.25) is 15.0 Å². The van der Waals surface area contributed by atoms with Gasteiger partial charge in [-0.25, -0.2) is 0 Å². The number of hydrogen-bond donors (Lipinski definition) is 0. The van der Waals surface area contributed by atoms with Gasteiger partial charge in [-0.2, -0.15) is 5.26 Å². The molecule has 2 aliphatic rings. The van der Waals surface area contributed by atoms with Gasteiger partial charge < -0.3 is 4.90 Å². The predicted molar refractivity (Wildman–Crippen MR) is 79.2 cm³/mol. The van der Waals surface area contributed by atoms with Gasteiger partial charge in [0.2, 0.25) is 0 Å². The number of nitro groups is 1. The van der Waals surface area contributed by atoms with Crippen LogP contribution in [0.25, 0.3) is 0 Å². The van der Waals surface area contributed by atoms with E-state index >= 15 is 0 Å². The summed E-state index contributed by atoms with van der Waals surface area (Å²) < 4.78 is 0. The fraction of sp³-hybridized carbons (Fsp3) is 0.533. The Kier molecular flexibility index (Phi) is 3.76. The smallest absolute Gasteiger partial charge is 0.270 e. The summed E-state index contributed by atoms with van der Waals surface area (Å²) in [5.74, 6) is 0. The van der Waals surface area contributed by atoms with Crippen molar-refractivity contribution in [3.05, 3.63) is 33.9 Å². The lowest BCUT2D eigenvalue weighted by Gasteiger charge is -2.24. The predicted octanol–water partition coefficient (Wildman–Crippen LogP) is 2.14. The Morgan fingerprint density at radius 3 is 2.71 bits per heavy atom. The van der Waals surface area contributed by atoms with Crippen molar-refractivity contribution >= 4 is 11.4 Å². The first-order valence-electron chi connectivity index (χ1n) is 7.36. The normalized spacial score (nSPS) is 22.4. The number of nitro benzene ring substituents is 1. The average Bonchev–Trinajstić information content (AvgIpc) is 3.17. The van der Waals surface area contributed by atoms with E-state index in [9.17, 15) is 15.4 Å². The zero-order chi connectivity index (χ0) is 14.8. The Labute approximate surface area is 123 Å². The van der Waals surface area contributed by atoms with E-state index in [1.165, 1.54) is 38.1 Å². The van der Waals surface area contributed by atoms with Crippen LogP contribution in [0, 0.1) is 21.4 Å². The second-order valence-corrected chi connectivity index (χ2v) is 5.70. The summed E-state index contributed by atoms with van der Waals surface area (Å²) in [6.07, 6.45) is 3.65. The molecule has 1 unspecified atom stereocenters. The molecular formula is C15H18N4O2. The van der Waals surface area contributed by atoms with Crippen molar-refractivity contribution in [3.63, 3.8) is 0 Å². The van der Waals surface area contributed by atoms with Gasteiger partial charge in [0, 0.05) is 31.3 Å². The van der Waals surface area contributed by atoms with Crippen molar-refractivity contribution < 1.29 is 4.92 Å². The van der Waals surface area contributed by atoms with E-state index in [-0.39, 0.29) is 5.69 Å². The molecular weight excluding hydrogens is 268 g/mol. The SMILES string of the molecule is N#Cc1cc([N+](=O)[O-])ccc1N1CCC(N2CCCC2)C1. The number of anilines is 1. The molecule has 0 bridgehead atoms. The average molecular weight is 286 g/mol. The zero-order valence-electron chi connectivity index (χ0n) is 11.9. The fourth-order valence-electron chi connectivity index (χ4n) is 3.37. The molecule has 0 amide bonds. The van der Waals surface area contributed by atoms with Crippen LogP contribution in [0.3, 0.4) is 0 Å². The molecule has 0 spiro atoms. The second-order valence-electron chi connectivity index (χ2n) is 5.70. The molecule has 1 aromatic rings. The first kappa shape index (κ1) is 13.8. The van der Waals surface area contributed by atoms with Gasteiger partial charge in [0.25, 0.3) is 5.69 Å². The number of likely N-dealkylation sites (tertiary alicyclic amines) is 1. The van der Waals surface area contributed by atoms with E-state index in [0.717, 1.165) is 25.2 Å². The van der Waals surface area contributed by atoms with Crippen molar-refractivity contribution in [2.45, 2.75) is 25.3 Å². The van der Waals surface area contributed by atoms with Crippen molar-refractivity contribution in [2.75, 3.05) is 31.1 Å². The van der Waals surface area contributed by atoms with E-state index in [1.807, 2.05) is 0 Å². The van der Waals surface area contributed by atoms with Crippen LogP contribution in [0.5, 0.6) is 0 Å². The minimum atomic E-state index is -0.457. The highest BCUT2D eigenvalue weighted by Gasteiger charge is 2.30. The van der Waals surface area contributed by atoms with Crippen LogP contribution < -0.4 is 4.90 Å². The maximum absolute atomic E-state index is 10.8. The van der Waals surface area contributed by atoms with Crippen LogP contribution in [0.2, 0.25) is 0 Å². The van der Waals surface area contributed by atoms with Crippen LogP contribution in [-0.4, -0.2) is 42.0 Å². The Hall–Kier alpha value is -2.13. The third kappa shape index (κ3) is 2.69. The molecule has 21 heavy (non-hydrogen) atoms. The fourth-order valence-corrected chi connectivity index (χ4v) is 3.37. The van der Waals surface area contributed by atoms with Crippen LogP contribution in [0.15, 0.2) is 18.2 Å². The maximum atomic E-state index is 10.8. The van der Waals surface area contributed by atoms with Gasteiger partial charge >= 0.3 is 0 Å². The summed E-state index contributed by atoms with van der Waals surface area (Å²) >= 11 is 0. The highest BCUT2D eigenvalue weighted by atomic mass is 16.6. The van der Waals surface area contributed by atoms with Gasteiger partial charge in [-0.15, -0.1) is 0 Å². The molecule has 2 heterocycles. The molecule has 2 aliphatic heterocycles. The second kappa shape index (κ2) is 5.70. The van der Waals surface area contributed by atoms with E-state index in [2.05, 4.69) is 15.9 Å². The third-order valence-corrected chi connectivity index (χ3v) is 4.47. The monoisotopic (exact) mass is 286 g/mol. The summed E-state index contributed by atoms with van der Waals surface area (Å²) in [6.45, 7) is 4.16. The summed E-state index contributed by atoms with van der Waals surface area (Å²) in [7, 11) is 0. The maximum Gasteiger partial charge on any atom is 0.270 e. The van der Waals surface area contributed by atoms with Gasteiger partial charge in [-0.05, 0) is 38.4 Å². The standard InChI is InChI=1S/C15H18N4O2/c16-10-12-9-13(19(20)21)3-4-15(12)18-8-5-14(11-18)17-6-1-2-7-17/h3-4,9,14H,1-2,5-8,11H2. The van der Waals surface area contributed by atoms with Crippen molar-refractivity contribution in [2.24, 2.45) is 0 Å². The van der Waals surface area contributed by atoms with Gasteiger partial charge in [0.1, 0.15) is 6.07 Å². The quantitative estimate of drug-likeness (QED) is 0.628. The summed E-state index contributed by atoms with van der Waals surface area (Å²) in [4.78, 5) is 15.1. The minimum Gasteiger partial charge on any atom is -0.369 e. The Bertz CT molecular complexity index is 590. The molecule has 0 N–H and O–H groups in total. The van der Waals surface area contributed by atoms with E-state index in [1.54, 1.807) is 6.07 Å². The molecule has 6 nitrogen and oxygen atoms in total. The van der Waals surface area contributed by atoms with E-state index < -0.39 is 4.92 Å². The number of nitriles is 1. The highest BCUT2D eigenvalue weighted by Crippen LogP contribution is 2.29. The largest absolute Gasteiger partial charge is 0.369 e. The molecule has 2 saturated heterocycles. The van der Waals surface area contributed by atoms with Crippen LogP contribution in [-0.2, 0) is 0 Å². The molecule has 0 aromatic heterocycles. The van der Waals surface area contributed by atoms with E-state index in [0.29, 0.717) is 11.6 Å². The van der Waals surface area contributed by atoms with Crippen LogP contribution in [0.4, 0.5) is 11.4 Å². The van der Waals surface area contributed by atoms with Crippen LogP contribution >= 0.6 is 0 Å². The highest BCUT2D eigenvalue weighted by molar-refractivity contribution is 5.63. The Balaban J connectivity index is 1.78. The molecule has 2 fully saturated rings. The Morgan fingerprint density at radius 2 is 2.05 bits per heavy atom. The van der Waals surface area contributed by atoms with Gasteiger partial charge in [-0.1, -0.05) is 0 Å². The molecule has 0 saturated carbocycles. The topological polar surface area (TPSA) is 73.4 Å². The summed E-state index contributed by atoms with van der Waals surface area (Å²) in [5, 5.41) is 20.1. The molecule has 1 atom stereocenters. The lowest BCUT2D eigenvalue weighted by molar-refractivity contribution is -0.384. The van der Waals surface area contributed by atoms with Crippen LogP contribution in [0.1, 0.15) is 24.8 Å². The summed E-state index contributed by atoms with van der Waals surface area (Å²) in [5.41, 5.74) is 1.20. The minimum absolute atomic E-state index is 0.0226. The lowest BCUT2D eigenvalue weighted by Crippen LogP contribution is -2.35. The molecule has 0 radical (unpaired) electrons. The molecule has 0 aliphatic carbocycles. The number of non-ortho nitro benzene ring substituents is 1. The molecule has 110 valence electrons. The first-order chi connectivity index (χ1) is 10.2. The first-order valence-corrected chi connectivity index (χ1v) is 7.36. The van der Waals surface area contributed by atoms with Crippen molar-refractivity contribution in [1.82, 2.24) is 4.90 Å². The lowest BCUT2D eigenvalue weighted by atomic mass is 10.1. The Morgan fingerprint density at radius 1 is 1.29 bits per heavy atom.